The molecule has 2 heterocycles. The number of hydrogen-bond donors (Lipinski definition) is 1. The monoisotopic (exact) mass is 440 g/mol. The number of carbonyl (C=O) groups is 2. The van der Waals surface area contributed by atoms with E-state index in [1.807, 2.05) is 47.8 Å². The van der Waals surface area contributed by atoms with Gasteiger partial charge < -0.3 is 10.2 Å². The molecule has 4 rings (SSSR count). The summed E-state index contributed by atoms with van der Waals surface area (Å²) < 4.78 is 3.84. The summed E-state index contributed by atoms with van der Waals surface area (Å²) >= 11 is 2.70. The third-order valence-electron chi connectivity index (χ3n) is 5.37. The van der Waals surface area contributed by atoms with Gasteiger partial charge in [0.05, 0.1) is 6.54 Å². The Bertz CT molecular complexity index is 939. The molecule has 6 nitrogen and oxygen atoms in total. The van der Waals surface area contributed by atoms with Gasteiger partial charge in [0.25, 0.3) is 5.91 Å². The van der Waals surface area contributed by atoms with Crippen molar-refractivity contribution in [3.8, 4) is 0 Å². The summed E-state index contributed by atoms with van der Waals surface area (Å²) in [6, 6.07) is 12.9. The van der Waals surface area contributed by atoms with Gasteiger partial charge in [-0.15, -0.1) is 16.4 Å². The lowest BCUT2D eigenvalue weighted by Gasteiger charge is -2.32. The number of hydrogen-bond acceptors (Lipinski definition) is 6. The number of nitrogens with one attached hydrogen (secondary N) is 1. The van der Waals surface area contributed by atoms with E-state index in [0.29, 0.717) is 6.54 Å². The van der Waals surface area contributed by atoms with Crippen LogP contribution in [0.2, 0.25) is 0 Å². The van der Waals surface area contributed by atoms with Crippen molar-refractivity contribution in [2.75, 3.05) is 0 Å². The molecule has 3 aromatic rings. The van der Waals surface area contributed by atoms with Gasteiger partial charge in [0.2, 0.25) is 5.91 Å². The average Bonchev–Trinajstić information content (AvgIpc) is 3.49. The minimum absolute atomic E-state index is 0.138. The maximum Gasteiger partial charge on any atom is 0.276 e. The topological polar surface area (TPSA) is 75.2 Å². The average molecular weight is 441 g/mol. The Morgan fingerprint density at radius 3 is 2.57 bits per heavy atom. The van der Waals surface area contributed by atoms with Crippen LogP contribution >= 0.6 is 22.9 Å². The molecule has 1 N–H and O–H groups in total. The summed E-state index contributed by atoms with van der Waals surface area (Å²) in [5, 5.41) is 10.8. The first kappa shape index (κ1) is 20.7. The quantitative estimate of drug-likeness (QED) is 0.590. The summed E-state index contributed by atoms with van der Waals surface area (Å²) in [6.07, 6.45) is 5.45. The van der Waals surface area contributed by atoms with Crippen LogP contribution in [0.5, 0.6) is 0 Å². The number of amides is 2. The molecule has 0 radical (unpaired) electrons. The van der Waals surface area contributed by atoms with Gasteiger partial charge >= 0.3 is 0 Å². The molecule has 1 atom stereocenters. The largest absolute Gasteiger partial charge is 0.351 e. The molecular weight excluding hydrogens is 416 g/mol. The van der Waals surface area contributed by atoms with Crippen LogP contribution in [0.15, 0.2) is 53.2 Å². The maximum atomic E-state index is 13.5. The van der Waals surface area contributed by atoms with Crippen LogP contribution in [0.4, 0.5) is 0 Å². The molecule has 0 aliphatic heterocycles. The Morgan fingerprint density at radius 2 is 1.90 bits per heavy atom. The second-order valence-corrected chi connectivity index (χ2v) is 9.10. The second-order valence-electron chi connectivity index (χ2n) is 7.46. The number of rotatable bonds is 7. The maximum absolute atomic E-state index is 13.5. The van der Waals surface area contributed by atoms with Crippen molar-refractivity contribution in [2.24, 2.45) is 0 Å². The highest BCUT2D eigenvalue weighted by Gasteiger charge is 2.34. The zero-order valence-electron chi connectivity index (χ0n) is 16.6. The molecule has 156 valence electrons. The van der Waals surface area contributed by atoms with E-state index < -0.39 is 6.04 Å². The standard InChI is InChI=1S/C22H24N4O2S2/c27-21(23-17-10-5-2-6-11-17)20(16-8-3-1-4-9-16)26(14-18-12-7-13-29-18)22(28)19-15-30-25-24-19/h1,3-4,7-9,12-13,15,17,20H,2,5-6,10-11,14H2,(H,23,27)/t20-/m1/s1. The highest BCUT2D eigenvalue weighted by Crippen LogP contribution is 2.28. The summed E-state index contributed by atoms with van der Waals surface area (Å²) in [7, 11) is 0. The van der Waals surface area contributed by atoms with E-state index in [2.05, 4.69) is 14.9 Å². The molecule has 0 unspecified atom stereocenters. The molecule has 1 aliphatic rings. The smallest absolute Gasteiger partial charge is 0.276 e. The lowest BCUT2D eigenvalue weighted by Crippen LogP contribution is -2.46. The zero-order chi connectivity index (χ0) is 20.8. The van der Waals surface area contributed by atoms with Crippen LogP contribution in [0, 0.1) is 0 Å². The normalized spacial score (nSPS) is 15.5. The van der Waals surface area contributed by atoms with E-state index in [9.17, 15) is 9.59 Å². The van der Waals surface area contributed by atoms with E-state index in [-0.39, 0.29) is 23.6 Å². The number of aromatic nitrogens is 2. The third kappa shape index (κ3) is 4.94. The van der Waals surface area contributed by atoms with Crippen molar-refractivity contribution < 1.29 is 9.59 Å². The molecule has 1 aliphatic carbocycles. The highest BCUT2D eigenvalue weighted by atomic mass is 32.1. The van der Waals surface area contributed by atoms with Gasteiger partial charge in [0.15, 0.2) is 5.69 Å². The number of nitrogens with zero attached hydrogens (tertiary/aromatic N) is 3. The minimum atomic E-state index is -0.732. The first-order chi connectivity index (χ1) is 14.7. The summed E-state index contributed by atoms with van der Waals surface area (Å²) in [6.45, 7) is 0.339. The predicted octanol–water partition coefficient (Wildman–Crippen LogP) is 4.43. The van der Waals surface area contributed by atoms with E-state index >= 15 is 0 Å². The summed E-state index contributed by atoms with van der Waals surface area (Å²) in [4.78, 5) is 29.6. The van der Waals surface area contributed by atoms with Gasteiger partial charge in [0.1, 0.15) is 6.04 Å². The molecule has 8 heteroatoms. The highest BCUT2D eigenvalue weighted by molar-refractivity contribution is 7.09. The van der Waals surface area contributed by atoms with Crippen LogP contribution in [-0.2, 0) is 11.3 Å². The molecule has 1 saturated carbocycles. The van der Waals surface area contributed by atoms with Crippen LogP contribution in [0.1, 0.15) is 59.1 Å². The van der Waals surface area contributed by atoms with Crippen LogP contribution < -0.4 is 5.32 Å². The first-order valence-corrected chi connectivity index (χ1v) is 11.9. The van der Waals surface area contributed by atoms with E-state index in [4.69, 9.17) is 0 Å². The Labute approximate surface area is 184 Å². The van der Waals surface area contributed by atoms with Gasteiger partial charge in [-0.25, -0.2) is 0 Å². The zero-order valence-corrected chi connectivity index (χ0v) is 18.2. The van der Waals surface area contributed by atoms with Crippen molar-refractivity contribution >= 4 is 34.7 Å². The molecule has 2 aromatic heterocycles. The number of carbonyl (C=O) groups excluding carboxylic acids is 2. The first-order valence-electron chi connectivity index (χ1n) is 10.2. The van der Waals surface area contributed by atoms with Crippen molar-refractivity contribution in [1.29, 1.82) is 0 Å². The van der Waals surface area contributed by atoms with Crippen molar-refractivity contribution in [3.63, 3.8) is 0 Å². The fourth-order valence-corrected chi connectivity index (χ4v) is 5.02. The van der Waals surface area contributed by atoms with Gasteiger partial charge in [-0.1, -0.05) is 60.1 Å². The number of benzene rings is 1. The van der Waals surface area contributed by atoms with Gasteiger partial charge in [-0.2, -0.15) is 0 Å². The van der Waals surface area contributed by atoms with Crippen LogP contribution in [-0.4, -0.2) is 32.3 Å². The molecule has 0 saturated heterocycles. The predicted molar refractivity (Wildman–Crippen MR) is 118 cm³/mol. The lowest BCUT2D eigenvalue weighted by molar-refractivity contribution is -0.127. The molecule has 1 fully saturated rings. The van der Waals surface area contributed by atoms with E-state index in [1.54, 1.807) is 21.6 Å². The number of thiophene rings is 1. The summed E-state index contributed by atoms with van der Waals surface area (Å²) in [5.74, 6) is -0.425. The molecule has 1 aromatic carbocycles. The molecular formula is C22H24N4O2S2. The van der Waals surface area contributed by atoms with Crippen molar-refractivity contribution in [1.82, 2.24) is 19.8 Å². The fraction of sp³-hybridized carbons (Fsp3) is 0.364. The molecule has 30 heavy (non-hydrogen) atoms. The van der Waals surface area contributed by atoms with Gasteiger partial charge in [-0.3, -0.25) is 9.59 Å². The van der Waals surface area contributed by atoms with Crippen LogP contribution in [0.25, 0.3) is 0 Å². The van der Waals surface area contributed by atoms with E-state index in [1.165, 1.54) is 6.42 Å². The second kappa shape index (κ2) is 9.95. The van der Waals surface area contributed by atoms with Crippen molar-refractivity contribution in [2.45, 2.75) is 50.7 Å². The fourth-order valence-electron chi connectivity index (χ4n) is 3.89. The Hall–Kier alpha value is -2.58. The van der Waals surface area contributed by atoms with Crippen LogP contribution in [0.3, 0.4) is 0 Å². The van der Waals surface area contributed by atoms with Crippen molar-refractivity contribution in [3.05, 3.63) is 69.4 Å². The molecule has 0 spiro atoms. The van der Waals surface area contributed by atoms with Gasteiger partial charge in [0, 0.05) is 16.3 Å². The summed E-state index contributed by atoms with van der Waals surface area (Å²) in [5.41, 5.74) is 1.06. The third-order valence-corrected chi connectivity index (χ3v) is 6.74. The Morgan fingerprint density at radius 1 is 1.10 bits per heavy atom. The molecule has 2 amide bonds. The van der Waals surface area contributed by atoms with Gasteiger partial charge in [-0.05, 0) is 41.4 Å². The molecule has 0 bridgehead atoms. The Balaban J connectivity index is 1.68. The Kier molecular flexibility index (Phi) is 6.86. The minimum Gasteiger partial charge on any atom is -0.351 e. The van der Waals surface area contributed by atoms with E-state index in [0.717, 1.165) is 47.7 Å². The lowest BCUT2D eigenvalue weighted by atomic mass is 9.94. The SMILES string of the molecule is O=C(NC1CCCCC1)[C@@H](c1ccccc1)N(Cc1cccs1)C(=O)c1csnn1.